The molecular weight excluding hydrogens is 329 g/mol. The maximum absolute atomic E-state index is 12.9. The third kappa shape index (κ3) is 4.61. The second kappa shape index (κ2) is 6.46. The molecule has 25 heavy (non-hydrogen) atoms. The van der Waals surface area contributed by atoms with Gasteiger partial charge in [-0.25, -0.2) is 0 Å². The Morgan fingerprint density at radius 2 is 1.88 bits per heavy atom. The summed E-state index contributed by atoms with van der Waals surface area (Å²) in [4.78, 5) is 16.7. The molecule has 6 heteroatoms. The van der Waals surface area contributed by atoms with Crippen LogP contribution in [0.4, 0.5) is 13.2 Å². The molecule has 1 aliphatic heterocycles. The highest BCUT2D eigenvalue weighted by molar-refractivity contribution is 6.46. The molecule has 1 aromatic rings. The smallest absolute Gasteiger partial charge is 0.327 e. The molecular formula is C19H25F3N2O. The van der Waals surface area contributed by atoms with Gasteiger partial charge in [0.25, 0.3) is 5.91 Å². The van der Waals surface area contributed by atoms with Crippen LogP contribution >= 0.6 is 0 Å². The van der Waals surface area contributed by atoms with E-state index in [1.54, 1.807) is 6.92 Å². The van der Waals surface area contributed by atoms with Crippen LogP contribution in [0, 0.1) is 11.3 Å². The number of nitrogens with zero attached hydrogens (tertiary/aromatic N) is 1. The van der Waals surface area contributed by atoms with E-state index in [0.29, 0.717) is 12.3 Å². The van der Waals surface area contributed by atoms with Gasteiger partial charge in [0, 0.05) is 5.56 Å². The predicted octanol–water partition coefficient (Wildman–Crippen LogP) is 4.80. The Morgan fingerprint density at radius 1 is 1.24 bits per heavy atom. The minimum Gasteiger partial charge on any atom is -0.327 e. The number of aliphatic imine (C=N–C) groups is 1. The maximum atomic E-state index is 12.9. The summed E-state index contributed by atoms with van der Waals surface area (Å²) in [5, 5.41) is 2.82. The Labute approximate surface area is 146 Å². The van der Waals surface area contributed by atoms with E-state index in [0.717, 1.165) is 18.6 Å². The predicted molar refractivity (Wildman–Crippen MR) is 92.4 cm³/mol. The van der Waals surface area contributed by atoms with Crippen molar-refractivity contribution in [3.63, 3.8) is 0 Å². The summed E-state index contributed by atoms with van der Waals surface area (Å²) in [5.41, 5.74) is -1.15. The van der Waals surface area contributed by atoms with E-state index < -0.39 is 23.3 Å². The molecule has 0 fully saturated rings. The van der Waals surface area contributed by atoms with Gasteiger partial charge < -0.3 is 5.32 Å². The average Bonchev–Trinajstić information content (AvgIpc) is 2.79. The molecule has 1 heterocycles. The number of rotatable bonds is 4. The highest BCUT2D eigenvalue weighted by atomic mass is 19.4. The Bertz CT molecular complexity index is 689. The van der Waals surface area contributed by atoms with E-state index in [1.165, 1.54) is 12.1 Å². The summed E-state index contributed by atoms with van der Waals surface area (Å²) in [7, 11) is 0. The van der Waals surface area contributed by atoms with Crippen LogP contribution in [0.15, 0.2) is 29.3 Å². The molecule has 1 aliphatic rings. The summed E-state index contributed by atoms with van der Waals surface area (Å²) in [6.07, 6.45) is -2.95. The van der Waals surface area contributed by atoms with Gasteiger partial charge in [-0.3, -0.25) is 9.79 Å². The summed E-state index contributed by atoms with van der Waals surface area (Å²) in [6.45, 7) is 10.4. The highest BCUT2D eigenvalue weighted by Crippen LogP contribution is 2.33. The van der Waals surface area contributed by atoms with E-state index in [-0.39, 0.29) is 16.7 Å². The van der Waals surface area contributed by atoms with Crippen molar-refractivity contribution in [1.29, 1.82) is 0 Å². The largest absolute Gasteiger partial charge is 0.416 e. The van der Waals surface area contributed by atoms with Gasteiger partial charge >= 0.3 is 6.18 Å². The van der Waals surface area contributed by atoms with Crippen LogP contribution in [0.2, 0.25) is 0 Å². The van der Waals surface area contributed by atoms with Gasteiger partial charge in [-0.1, -0.05) is 39.8 Å². The number of hydrogen-bond donors (Lipinski definition) is 1. The summed E-state index contributed by atoms with van der Waals surface area (Å²) in [6, 6.07) is 4.74. The molecule has 0 aliphatic carbocycles. The lowest BCUT2D eigenvalue weighted by atomic mass is 9.78. The fourth-order valence-electron chi connectivity index (χ4n) is 2.72. The van der Waals surface area contributed by atoms with Gasteiger partial charge in [0.1, 0.15) is 11.4 Å². The van der Waals surface area contributed by atoms with E-state index in [2.05, 4.69) is 38.0 Å². The van der Waals surface area contributed by atoms with Crippen LogP contribution in [0.1, 0.15) is 58.6 Å². The van der Waals surface area contributed by atoms with Crippen LogP contribution in [0.5, 0.6) is 0 Å². The van der Waals surface area contributed by atoms with Gasteiger partial charge in [0.15, 0.2) is 0 Å². The van der Waals surface area contributed by atoms with Crippen molar-refractivity contribution in [3.8, 4) is 0 Å². The van der Waals surface area contributed by atoms with Crippen LogP contribution in [0.25, 0.3) is 0 Å². The number of amides is 1. The van der Waals surface area contributed by atoms with Crippen molar-refractivity contribution in [2.24, 2.45) is 16.3 Å². The third-order valence-corrected chi connectivity index (χ3v) is 4.96. The van der Waals surface area contributed by atoms with Crippen molar-refractivity contribution in [2.75, 3.05) is 0 Å². The Hall–Kier alpha value is -1.85. The molecule has 0 saturated carbocycles. The van der Waals surface area contributed by atoms with E-state index >= 15 is 0 Å². The first kappa shape index (κ1) is 19.5. The number of carbonyl (C=O) groups excluding carboxylic acids is 1. The Morgan fingerprint density at radius 3 is 2.44 bits per heavy atom. The fraction of sp³-hybridized carbons (Fsp3) is 0.579. The van der Waals surface area contributed by atoms with Gasteiger partial charge in [-0.05, 0) is 43.2 Å². The zero-order chi connectivity index (χ0) is 19.0. The van der Waals surface area contributed by atoms with Crippen molar-refractivity contribution in [1.82, 2.24) is 5.32 Å². The monoisotopic (exact) mass is 354 g/mol. The SMILES string of the molecule is CC(CCC1(C)N=C(c2cccc(C(F)(F)F)c2)C(=O)N1)C(C)(C)C. The normalized spacial score (nSPS) is 22.6. The minimum atomic E-state index is -4.45. The van der Waals surface area contributed by atoms with Crippen molar-refractivity contribution in [2.45, 2.75) is 59.3 Å². The van der Waals surface area contributed by atoms with Gasteiger partial charge in [-0.2, -0.15) is 13.2 Å². The van der Waals surface area contributed by atoms with Crippen molar-refractivity contribution in [3.05, 3.63) is 35.4 Å². The maximum Gasteiger partial charge on any atom is 0.416 e. The number of hydrogen-bond acceptors (Lipinski definition) is 2. The molecule has 3 nitrogen and oxygen atoms in total. The van der Waals surface area contributed by atoms with Gasteiger partial charge in [0.2, 0.25) is 0 Å². The molecule has 2 unspecified atom stereocenters. The second-order valence-corrected chi connectivity index (χ2v) is 8.07. The number of benzene rings is 1. The van der Waals surface area contributed by atoms with Crippen molar-refractivity contribution >= 4 is 11.6 Å². The fourth-order valence-corrected chi connectivity index (χ4v) is 2.72. The Kier molecular flexibility index (Phi) is 5.04. The summed E-state index contributed by atoms with van der Waals surface area (Å²) in [5.74, 6) is -0.000675. The highest BCUT2D eigenvalue weighted by Gasteiger charge is 2.37. The molecule has 0 radical (unpaired) electrons. The lowest BCUT2D eigenvalue weighted by molar-refractivity contribution is -0.137. The molecule has 2 atom stereocenters. The third-order valence-electron chi connectivity index (χ3n) is 4.96. The first-order valence-electron chi connectivity index (χ1n) is 8.42. The zero-order valence-corrected chi connectivity index (χ0v) is 15.3. The Balaban J connectivity index is 2.22. The molecule has 0 bridgehead atoms. The molecule has 1 N–H and O–H groups in total. The van der Waals surface area contributed by atoms with E-state index in [4.69, 9.17) is 0 Å². The number of carbonyl (C=O) groups is 1. The standard InChI is InChI=1S/C19H25F3N2O/c1-12(17(2,3)4)9-10-18(5)23-15(16(25)24-18)13-7-6-8-14(11-13)19(20,21)22/h6-8,11-12H,9-10H2,1-5H3,(H,24,25). The molecule has 1 amide bonds. The molecule has 2 rings (SSSR count). The first-order valence-corrected chi connectivity index (χ1v) is 8.42. The van der Waals surface area contributed by atoms with E-state index in [1.807, 2.05) is 0 Å². The van der Waals surface area contributed by atoms with Crippen LogP contribution in [0.3, 0.4) is 0 Å². The number of alkyl halides is 3. The lowest BCUT2D eigenvalue weighted by Crippen LogP contribution is -2.40. The summed E-state index contributed by atoms with van der Waals surface area (Å²) < 4.78 is 38.7. The number of nitrogens with one attached hydrogen (secondary N) is 1. The van der Waals surface area contributed by atoms with E-state index in [9.17, 15) is 18.0 Å². The molecule has 0 spiro atoms. The van der Waals surface area contributed by atoms with Crippen molar-refractivity contribution < 1.29 is 18.0 Å². The van der Waals surface area contributed by atoms with Gasteiger partial charge in [-0.15, -0.1) is 0 Å². The minimum absolute atomic E-state index is 0.0667. The number of halogens is 3. The topological polar surface area (TPSA) is 41.5 Å². The molecule has 0 aromatic heterocycles. The quantitative estimate of drug-likeness (QED) is 0.829. The average molecular weight is 354 g/mol. The lowest BCUT2D eigenvalue weighted by Gasteiger charge is -2.30. The first-order chi connectivity index (χ1) is 11.3. The molecule has 138 valence electrons. The van der Waals surface area contributed by atoms with Crippen LogP contribution in [-0.2, 0) is 11.0 Å². The van der Waals surface area contributed by atoms with Crippen LogP contribution in [-0.4, -0.2) is 17.3 Å². The molecule has 1 aromatic carbocycles. The zero-order valence-electron chi connectivity index (χ0n) is 15.3. The van der Waals surface area contributed by atoms with Crippen LogP contribution < -0.4 is 5.32 Å². The van der Waals surface area contributed by atoms with Gasteiger partial charge in [0.05, 0.1) is 5.56 Å². The second-order valence-electron chi connectivity index (χ2n) is 8.07. The molecule has 0 saturated heterocycles. The summed E-state index contributed by atoms with van der Waals surface area (Å²) >= 11 is 0.